The van der Waals surface area contributed by atoms with E-state index in [0.717, 1.165) is 18.9 Å². The first-order chi connectivity index (χ1) is 14.7. The average molecular weight is 457 g/mol. The molecule has 1 heterocycles. The van der Waals surface area contributed by atoms with Gasteiger partial charge in [-0.1, -0.05) is 24.1 Å². The van der Waals surface area contributed by atoms with Crippen molar-refractivity contribution in [2.45, 2.75) is 51.4 Å². The van der Waals surface area contributed by atoms with Crippen molar-refractivity contribution in [2.75, 3.05) is 17.7 Å². The first-order valence-corrected chi connectivity index (χ1v) is 10.3. The molecule has 2 aromatic rings. The van der Waals surface area contributed by atoms with Gasteiger partial charge >= 0.3 is 6.18 Å². The molecule has 168 valence electrons. The summed E-state index contributed by atoms with van der Waals surface area (Å²) in [5.74, 6) is 0.870. The Balaban J connectivity index is 1.61. The summed E-state index contributed by atoms with van der Waals surface area (Å²) in [5.41, 5.74) is -0.856. The number of carbonyl (C=O) groups excluding carboxylic acids is 1. The Bertz CT molecular complexity index is 940. The highest BCUT2D eigenvalue weighted by molar-refractivity contribution is 6.30. The van der Waals surface area contributed by atoms with E-state index in [0.29, 0.717) is 30.6 Å². The molecule has 1 fully saturated rings. The second kappa shape index (κ2) is 9.67. The molecule has 0 saturated heterocycles. The van der Waals surface area contributed by atoms with Crippen LogP contribution in [0.1, 0.15) is 42.6 Å². The number of hydrogen-bond donors (Lipinski definition) is 3. The monoisotopic (exact) mass is 456 g/mol. The molecule has 1 saturated carbocycles. The second-order valence-corrected chi connectivity index (χ2v) is 7.94. The minimum Gasteiger partial charge on any atom is -0.357 e. The summed E-state index contributed by atoms with van der Waals surface area (Å²) in [4.78, 5) is 25.3. The Labute approximate surface area is 183 Å². The van der Waals surface area contributed by atoms with E-state index in [2.05, 4.69) is 30.9 Å². The quantitative estimate of drug-likeness (QED) is 0.604. The van der Waals surface area contributed by atoms with E-state index in [1.165, 1.54) is 12.1 Å². The average Bonchev–Trinajstić information content (AvgIpc) is 2.71. The number of benzene rings is 1. The Morgan fingerprint density at radius 3 is 2.65 bits per heavy atom. The summed E-state index contributed by atoms with van der Waals surface area (Å²) in [5, 5.41) is 8.76. The molecule has 3 N–H and O–H groups in total. The van der Waals surface area contributed by atoms with Crippen LogP contribution in [0, 0.1) is 12.8 Å². The number of nitrogens with one attached hydrogen (secondary N) is 3. The van der Waals surface area contributed by atoms with Crippen molar-refractivity contribution in [1.82, 2.24) is 20.3 Å². The number of aryl methyl sites for hydroxylation is 1. The topological polar surface area (TPSA) is 91.8 Å². The van der Waals surface area contributed by atoms with Gasteiger partial charge in [-0.05, 0) is 43.9 Å². The maximum absolute atomic E-state index is 13.2. The van der Waals surface area contributed by atoms with Gasteiger partial charge in [-0.15, -0.1) is 0 Å². The zero-order chi connectivity index (χ0) is 22.6. The van der Waals surface area contributed by atoms with Crippen LogP contribution < -0.4 is 16.0 Å². The lowest BCUT2D eigenvalue weighted by atomic mass is 9.85. The van der Waals surface area contributed by atoms with Crippen LogP contribution >= 0.6 is 11.6 Å². The fraction of sp³-hybridized carbons (Fsp3) is 0.500. The van der Waals surface area contributed by atoms with Crippen LogP contribution in [-0.2, 0) is 17.5 Å². The lowest BCUT2D eigenvalue weighted by Crippen LogP contribution is -2.37. The lowest BCUT2D eigenvalue weighted by molar-refractivity contribution is -0.138. The van der Waals surface area contributed by atoms with Crippen molar-refractivity contribution in [3.8, 4) is 0 Å². The SMILES string of the molecule is CNc1nc(C)nc(N[C@@H]2CCC[C@H](C(=O)NCc3ccc(Cl)cc3C(F)(F)F)C2)n1. The maximum Gasteiger partial charge on any atom is 0.416 e. The maximum atomic E-state index is 13.2. The summed E-state index contributed by atoms with van der Waals surface area (Å²) >= 11 is 5.71. The van der Waals surface area contributed by atoms with Gasteiger partial charge in [-0.2, -0.15) is 28.1 Å². The van der Waals surface area contributed by atoms with Gasteiger partial charge < -0.3 is 16.0 Å². The van der Waals surface area contributed by atoms with Crippen molar-refractivity contribution in [3.63, 3.8) is 0 Å². The van der Waals surface area contributed by atoms with E-state index in [9.17, 15) is 18.0 Å². The molecular formula is C20H24ClF3N6O. The zero-order valence-electron chi connectivity index (χ0n) is 17.2. The van der Waals surface area contributed by atoms with Crippen molar-refractivity contribution >= 4 is 29.4 Å². The predicted octanol–water partition coefficient (Wildman–Crippen LogP) is 4.18. The van der Waals surface area contributed by atoms with Crippen LogP contribution in [0.25, 0.3) is 0 Å². The first kappa shape index (κ1) is 23.1. The highest BCUT2D eigenvalue weighted by Crippen LogP contribution is 2.34. The van der Waals surface area contributed by atoms with Crippen LogP contribution in [0.15, 0.2) is 18.2 Å². The molecular weight excluding hydrogens is 433 g/mol. The fourth-order valence-corrected chi connectivity index (χ4v) is 3.87. The second-order valence-electron chi connectivity index (χ2n) is 7.50. The van der Waals surface area contributed by atoms with Crippen molar-refractivity contribution < 1.29 is 18.0 Å². The minimum absolute atomic E-state index is 0.00130. The van der Waals surface area contributed by atoms with E-state index in [1.54, 1.807) is 14.0 Å². The largest absolute Gasteiger partial charge is 0.416 e. The number of hydrogen-bond acceptors (Lipinski definition) is 6. The standard InChI is InChI=1S/C20H24ClF3N6O/c1-11-27-18(25-2)30-19(28-11)29-15-5-3-4-12(8-15)17(31)26-10-13-6-7-14(21)9-16(13)20(22,23)24/h6-7,9,12,15H,3-5,8,10H2,1-2H3,(H,26,31)(H2,25,27,28,29,30)/t12-,15+/m0/s1. The zero-order valence-corrected chi connectivity index (χ0v) is 17.9. The highest BCUT2D eigenvalue weighted by Gasteiger charge is 2.34. The number of anilines is 2. The molecule has 1 aromatic heterocycles. The summed E-state index contributed by atoms with van der Waals surface area (Å²) < 4.78 is 39.7. The van der Waals surface area contributed by atoms with Crippen LogP contribution in [0.4, 0.5) is 25.1 Å². The molecule has 0 unspecified atom stereocenters. The summed E-state index contributed by atoms with van der Waals surface area (Å²) in [6, 6.07) is 3.53. The molecule has 1 aromatic carbocycles. The van der Waals surface area contributed by atoms with Gasteiger partial charge in [0.1, 0.15) is 5.82 Å². The van der Waals surface area contributed by atoms with Crippen LogP contribution in [0.3, 0.4) is 0 Å². The van der Waals surface area contributed by atoms with Crippen LogP contribution in [-0.4, -0.2) is 33.9 Å². The molecule has 0 aliphatic heterocycles. The fourth-order valence-electron chi connectivity index (χ4n) is 3.69. The van der Waals surface area contributed by atoms with Gasteiger partial charge in [0.05, 0.1) is 5.56 Å². The van der Waals surface area contributed by atoms with Crippen molar-refractivity contribution in [1.29, 1.82) is 0 Å². The molecule has 1 amide bonds. The summed E-state index contributed by atoms with van der Waals surface area (Å²) in [6.45, 7) is 1.55. The number of carbonyl (C=O) groups is 1. The van der Waals surface area contributed by atoms with Crippen molar-refractivity contribution in [3.05, 3.63) is 40.2 Å². The Morgan fingerprint density at radius 1 is 1.19 bits per heavy atom. The number of amides is 1. The number of nitrogens with zero attached hydrogens (tertiary/aromatic N) is 3. The van der Waals surface area contributed by atoms with Gasteiger partial charge in [-0.3, -0.25) is 4.79 Å². The predicted molar refractivity (Wildman–Crippen MR) is 112 cm³/mol. The molecule has 1 aliphatic carbocycles. The van der Waals surface area contributed by atoms with E-state index >= 15 is 0 Å². The molecule has 0 bridgehead atoms. The number of aromatic nitrogens is 3. The van der Waals surface area contributed by atoms with Crippen LogP contribution in [0.2, 0.25) is 5.02 Å². The first-order valence-electron chi connectivity index (χ1n) is 9.96. The lowest BCUT2D eigenvalue weighted by Gasteiger charge is -2.29. The van der Waals surface area contributed by atoms with Gasteiger partial charge in [-0.25, -0.2) is 0 Å². The summed E-state index contributed by atoms with van der Waals surface area (Å²) in [7, 11) is 1.71. The van der Waals surface area contributed by atoms with E-state index in [-0.39, 0.29) is 35.0 Å². The molecule has 7 nitrogen and oxygen atoms in total. The molecule has 2 atom stereocenters. The van der Waals surface area contributed by atoms with Crippen molar-refractivity contribution in [2.24, 2.45) is 5.92 Å². The minimum atomic E-state index is -4.54. The number of alkyl halides is 3. The normalized spacial score (nSPS) is 19.0. The Hall–Kier alpha value is -2.62. The highest BCUT2D eigenvalue weighted by atomic mass is 35.5. The van der Waals surface area contributed by atoms with Gasteiger partial charge in [0.15, 0.2) is 0 Å². The third kappa shape index (κ3) is 6.19. The summed E-state index contributed by atoms with van der Waals surface area (Å²) in [6.07, 6.45) is -1.67. The third-order valence-electron chi connectivity index (χ3n) is 5.18. The molecule has 1 aliphatic rings. The molecule has 11 heteroatoms. The number of halogens is 4. The van der Waals surface area contributed by atoms with Gasteiger partial charge in [0, 0.05) is 30.6 Å². The van der Waals surface area contributed by atoms with E-state index in [4.69, 9.17) is 11.6 Å². The Morgan fingerprint density at radius 2 is 1.94 bits per heavy atom. The molecule has 0 spiro atoms. The van der Waals surface area contributed by atoms with Gasteiger partial charge in [0.2, 0.25) is 17.8 Å². The van der Waals surface area contributed by atoms with E-state index in [1.807, 2.05) is 0 Å². The van der Waals surface area contributed by atoms with Crippen LogP contribution in [0.5, 0.6) is 0 Å². The molecule has 0 radical (unpaired) electrons. The molecule has 3 rings (SSSR count). The number of rotatable bonds is 6. The smallest absolute Gasteiger partial charge is 0.357 e. The van der Waals surface area contributed by atoms with E-state index < -0.39 is 11.7 Å². The van der Waals surface area contributed by atoms with Gasteiger partial charge in [0.25, 0.3) is 0 Å². The third-order valence-corrected chi connectivity index (χ3v) is 5.41. The Kier molecular flexibility index (Phi) is 7.19. The molecule has 31 heavy (non-hydrogen) atoms.